The molecule has 0 heterocycles. The zero-order valence-electron chi connectivity index (χ0n) is 11.4. The van der Waals surface area contributed by atoms with E-state index in [1.54, 1.807) is 12.1 Å². The summed E-state index contributed by atoms with van der Waals surface area (Å²) < 4.78 is 0. The molecule has 0 amide bonds. The minimum atomic E-state index is -0.354. The summed E-state index contributed by atoms with van der Waals surface area (Å²) in [7, 11) is 4.05. The Labute approximate surface area is 108 Å². The second kappa shape index (κ2) is 6.31. The van der Waals surface area contributed by atoms with Gasteiger partial charge < -0.3 is 4.90 Å². The lowest BCUT2D eigenvalue weighted by Gasteiger charge is -2.20. The van der Waals surface area contributed by atoms with Crippen LogP contribution in [0.5, 0.6) is 0 Å². The van der Waals surface area contributed by atoms with Gasteiger partial charge in [-0.15, -0.1) is 0 Å². The van der Waals surface area contributed by atoms with Crippen molar-refractivity contribution < 1.29 is 4.92 Å². The highest BCUT2D eigenvalue weighted by molar-refractivity contribution is 5.68. The molecule has 0 aliphatic rings. The van der Waals surface area contributed by atoms with Crippen LogP contribution < -0.4 is 0 Å². The predicted molar refractivity (Wildman–Crippen MR) is 74.5 cm³/mol. The topological polar surface area (TPSA) is 46.4 Å². The Morgan fingerprint density at radius 3 is 2.67 bits per heavy atom. The summed E-state index contributed by atoms with van der Waals surface area (Å²) in [6.07, 6.45) is 2.03. The Kier molecular flexibility index (Phi) is 5.04. The zero-order valence-corrected chi connectivity index (χ0v) is 11.4. The summed E-state index contributed by atoms with van der Waals surface area (Å²) in [6.45, 7) is 5.02. The number of benzene rings is 1. The van der Waals surface area contributed by atoms with Crippen molar-refractivity contribution in [3.05, 3.63) is 46.0 Å². The second-order valence-corrected chi connectivity index (χ2v) is 4.71. The van der Waals surface area contributed by atoms with Crippen LogP contribution in [0.2, 0.25) is 0 Å². The largest absolute Gasteiger partial charge is 0.309 e. The lowest BCUT2D eigenvalue weighted by Crippen LogP contribution is -2.20. The molecule has 4 heteroatoms. The Morgan fingerprint density at radius 2 is 2.17 bits per heavy atom. The third-order valence-corrected chi connectivity index (χ3v) is 2.87. The fraction of sp³-hybridized carbons (Fsp3) is 0.429. The van der Waals surface area contributed by atoms with E-state index in [0.717, 1.165) is 17.7 Å². The van der Waals surface area contributed by atoms with E-state index in [0.29, 0.717) is 5.92 Å². The van der Waals surface area contributed by atoms with Crippen LogP contribution in [0.3, 0.4) is 0 Å². The Morgan fingerprint density at radius 1 is 1.50 bits per heavy atom. The number of allylic oxidation sites excluding steroid dienone is 1. The molecule has 0 bridgehead atoms. The fourth-order valence-corrected chi connectivity index (χ4v) is 2.18. The molecule has 0 aromatic heterocycles. The Hall–Kier alpha value is -1.68. The summed E-state index contributed by atoms with van der Waals surface area (Å²) in [6, 6.07) is 6.82. The van der Waals surface area contributed by atoms with Crippen molar-refractivity contribution in [2.45, 2.75) is 13.8 Å². The lowest BCUT2D eigenvalue weighted by atomic mass is 9.93. The first kappa shape index (κ1) is 14.4. The molecule has 18 heavy (non-hydrogen) atoms. The van der Waals surface area contributed by atoms with Gasteiger partial charge in [0.2, 0.25) is 0 Å². The first-order chi connectivity index (χ1) is 8.45. The van der Waals surface area contributed by atoms with Crippen LogP contribution in [-0.4, -0.2) is 30.5 Å². The van der Waals surface area contributed by atoms with Crippen molar-refractivity contribution in [2.75, 3.05) is 20.6 Å². The maximum absolute atomic E-state index is 10.8. The molecule has 1 rings (SSSR count). The van der Waals surface area contributed by atoms with Gasteiger partial charge in [-0.05, 0) is 38.1 Å². The molecule has 0 spiro atoms. The number of nitrogens with zero attached hydrogens (tertiary/aromatic N) is 2. The monoisotopic (exact) mass is 248 g/mol. The van der Waals surface area contributed by atoms with Gasteiger partial charge in [0.15, 0.2) is 0 Å². The van der Waals surface area contributed by atoms with E-state index in [4.69, 9.17) is 0 Å². The van der Waals surface area contributed by atoms with Gasteiger partial charge in [-0.3, -0.25) is 10.1 Å². The average molecular weight is 248 g/mol. The normalized spacial score (nSPS) is 13.7. The smallest absolute Gasteiger partial charge is 0.270 e. The van der Waals surface area contributed by atoms with E-state index in [1.807, 2.05) is 33.2 Å². The van der Waals surface area contributed by atoms with E-state index in [-0.39, 0.29) is 10.6 Å². The van der Waals surface area contributed by atoms with Crippen LogP contribution >= 0.6 is 0 Å². The molecule has 0 unspecified atom stereocenters. The van der Waals surface area contributed by atoms with E-state index in [2.05, 4.69) is 11.8 Å². The Balaban J connectivity index is 3.03. The number of non-ortho nitro benzene ring substituents is 1. The highest BCUT2D eigenvalue weighted by atomic mass is 16.6. The molecule has 0 saturated heterocycles. The number of nitro benzene ring substituents is 1. The average Bonchev–Trinajstić information content (AvgIpc) is 2.29. The molecule has 0 fully saturated rings. The van der Waals surface area contributed by atoms with Gasteiger partial charge >= 0.3 is 0 Å². The minimum Gasteiger partial charge on any atom is -0.309 e. The molecule has 1 aromatic carbocycles. The second-order valence-electron chi connectivity index (χ2n) is 4.71. The molecule has 0 saturated carbocycles. The van der Waals surface area contributed by atoms with Crippen molar-refractivity contribution >= 4 is 11.3 Å². The summed E-state index contributed by atoms with van der Waals surface area (Å²) in [5.41, 5.74) is 2.22. The van der Waals surface area contributed by atoms with Crippen LogP contribution in [0.1, 0.15) is 19.4 Å². The first-order valence-electron chi connectivity index (χ1n) is 6.01. The van der Waals surface area contributed by atoms with E-state index in [1.165, 1.54) is 6.07 Å². The maximum Gasteiger partial charge on any atom is 0.270 e. The summed E-state index contributed by atoms with van der Waals surface area (Å²) in [5.74, 6) is 0.340. The zero-order chi connectivity index (χ0) is 13.7. The third kappa shape index (κ3) is 3.67. The van der Waals surface area contributed by atoms with Gasteiger partial charge in [-0.25, -0.2) is 0 Å². The van der Waals surface area contributed by atoms with Crippen LogP contribution in [0.4, 0.5) is 5.69 Å². The molecular weight excluding hydrogens is 228 g/mol. The minimum absolute atomic E-state index is 0.143. The lowest BCUT2D eigenvalue weighted by molar-refractivity contribution is -0.384. The highest BCUT2D eigenvalue weighted by Gasteiger charge is 2.14. The molecule has 0 radical (unpaired) electrons. The van der Waals surface area contributed by atoms with E-state index < -0.39 is 0 Å². The number of hydrogen-bond donors (Lipinski definition) is 0. The van der Waals surface area contributed by atoms with Crippen LogP contribution in [0.25, 0.3) is 5.57 Å². The molecule has 0 aliphatic heterocycles. The number of rotatable bonds is 5. The molecule has 4 nitrogen and oxygen atoms in total. The third-order valence-electron chi connectivity index (χ3n) is 2.87. The predicted octanol–water partition coefficient (Wildman–Crippen LogP) is 3.20. The van der Waals surface area contributed by atoms with Gasteiger partial charge in [-0.2, -0.15) is 0 Å². The van der Waals surface area contributed by atoms with Crippen LogP contribution in [-0.2, 0) is 0 Å². The van der Waals surface area contributed by atoms with Crippen molar-refractivity contribution in [3.63, 3.8) is 0 Å². The SMILES string of the molecule is C/C=C(/c1cccc([N+](=O)[O-])c1)[C@@H](C)CN(C)C. The van der Waals surface area contributed by atoms with Gasteiger partial charge in [0.05, 0.1) is 4.92 Å². The van der Waals surface area contributed by atoms with Gasteiger partial charge in [0, 0.05) is 18.7 Å². The molecule has 0 aliphatic carbocycles. The molecule has 0 N–H and O–H groups in total. The van der Waals surface area contributed by atoms with Gasteiger partial charge in [-0.1, -0.05) is 25.1 Å². The maximum atomic E-state index is 10.8. The van der Waals surface area contributed by atoms with Crippen LogP contribution in [0.15, 0.2) is 30.3 Å². The molecule has 98 valence electrons. The van der Waals surface area contributed by atoms with Crippen molar-refractivity contribution in [2.24, 2.45) is 5.92 Å². The number of nitro groups is 1. The quantitative estimate of drug-likeness (QED) is 0.594. The molecule has 1 atom stereocenters. The van der Waals surface area contributed by atoms with Crippen LogP contribution in [0, 0.1) is 16.0 Å². The van der Waals surface area contributed by atoms with E-state index >= 15 is 0 Å². The van der Waals surface area contributed by atoms with E-state index in [9.17, 15) is 10.1 Å². The summed E-state index contributed by atoms with van der Waals surface area (Å²) in [4.78, 5) is 12.6. The molecular formula is C14H20N2O2. The standard InChI is InChI=1S/C14H20N2O2/c1-5-14(11(2)10-15(3)4)12-7-6-8-13(9-12)16(17)18/h5-9,11H,10H2,1-4H3/b14-5+/t11-/m0/s1. The van der Waals surface area contributed by atoms with Gasteiger partial charge in [0.25, 0.3) is 5.69 Å². The fourth-order valence-electron chi connectivity index (χ4n) is 2.18. The Bertz CT molecular complexity index is 453. The van der Waals surface area contributed by atoms with Crippen molar-refractivity contribution in [3.8, 4) is 0 Å². The van der Waals surface area contributed by atoms with Crippen molar-refractivity contribution in [1.29, 1.82) is 0 Å². The highest BCUT2D eigenvalue weighted by Crippen LogP contribution is 2.26. The van der Waals surface area contributed by atoms with Gasteiger partial charge in [0.1, 0.15) is 0 Å². The number of hydrogen-bond acceptors (Lipinski definition) is 3. The van der Waals surface area contributed by atoms with Crippen molar-refractivity contribution in [1.82, 2.24) is 4.90 Å². The first-order valence-corrected chi connectivity index (χ1v) is 6.01. The summed E-state index contributed by atoms with van der Waals surface area (Å²) >= 11 is 0. The summed E-state index contributed by atoms with van der Waals surface area (Å²) in [5, 5.41) is 10.8. The molecule has 1 aromatic rings.